The van der Waals surface area contributed by atoms with Gasteiger partial charge in [-0.2, -0.15) is 0 Å². The van der Waals surface area contributed by atoms with Crippen LogP contribution < -0.4 is 5.32 Å². The first-order valence-electron chi connectivity index (χ1n) is 6.91. The number of aliphatic carboxylic acids is 1. The van der Waals surface area contributed by atoms with Gasteiger partial charge in [0, 0.05) is 26.2 Å². The lowest BCUT2D eigenvalue weighted by atomic mass is 9.86. The number of carbonyl (C=O) groups excluding carboxylic acids is 1. The molecular weight excluding hydrogens is 248 g/mol. The molecule has 2 amide bonds. The molecule has 6 heteroatoms. The third-order valence-electron chi connectivity index (χ3n) is 4.12. The van der Waals surface area contributed by atoms with Crippen molar-refractivity contribution in [2.45, 2.75) is 44.2 Å². The van der Waals surface area contributed by atoms with Gasteiger partial charge in [0.05, 0.1) is 12.0 Å². The van der Waals surface area contributed by atoms with Crippen molar-refractivity contribution in [3.05, 3.63) is 0 Å². The third kappa shape index (κ3) is 3.59. The van der Waals surface area contributed by atoms with Gasteiger partial charge in [0.2, 0.25) is 0 Å². The fourth-order valence-corrected chi connectivity index (χ4v) is 2.92. The Kier molecular flexibility index (Phi) is 4.63. The maximum atomic E-state index is 12.1. The first-order chi connectivity index (χ1) is 9.10. The van der Waals surface area contributed by atoms with Crippen LogP contribution in [-0.4, -0.2) is 54.4 Å². The monoisotopic (exact) mass is 270 g/mol. The van der Waals surface area contributed by atoms with Crippen molar-refractivity contribution < 1.29 is 19.4 Å². The zero-order chi connectivity index (χ0) is 13.8. The van der Waals surface area contributed by atoms with Gasteiger partial charge in [-0.1, -0.05) is 6.42 Å². The van der Waals surface area contributed by atoms with E-state index in [1.165, 1.54) is 0 Å². The summed E-state index contributed by atoms with van der Waals surface area (Å²) in [5.74, 6) is -1.07. The van der Waals surface area contributed by atoms with Crippen LogP contribution in [0.5, 0.6) is 0 Å². The van der Waals surface area contributed by atoms with E-state index in [9.17, 15) is 9.59 Å². The maximum absolute atomic E-state index is 12.1. The molecule has 1 aliphatic carbocycles. The number of urea groups is 1. The summed E-state index contributed by atoms with van der Waals surface area (Å²) >= 11 is 0. The van der Waals surface area contributed by atoms with Crippen LogP contribution in [0.1, 0.15) is 32.1 Å². The van der Waals surface area contributed by atoms with E-state index in [1.54, 1.807) is 12.0 Å². The Morgan fingerprint density at radius 1 is 1.32 bits per heavy atom. The molecule has 2 fully saturated rings. The van der Waals surface area contributed by atoms with Crippen LogP contribution in [0.15, 0.2) is 0 Å². The molecule has 0 radical (unpaired) electrons. The zero-order valence-corrected chi connectivity index (χ0v) is 11.3. The van der Waals surface area contributed by atoms with Crippen LogP contribution in [0.4, 0.5) is 4.79 Å². The Hall–Kier alpha value is -1.30. The lowest BCUT2D eigenvalue weighted by Crippen LogP contribution is -2.46. The van der Waals surface area contributed by atoms with E-state index < -0.39 is 5.97 Å². The number of nitrogens with one attached hydrogen (secondary N) is 1. The average Bonchev–Trinajstić information content (AvgIpc) is 2.88. The quantitative estimate of drug-likeness (QED) is 0.803. The van der Waals surface area contributed by atoms with Gasteiger partial charge in [-0.05, 0) is 25.7 Å². The molecule has 1 saturated carbocycles. The Bertz CT molecular complexity index is 348. The summed E-state index contributed by atoms with van der Waals surface area (Å²) in [4.78, 5) is 24.8. The second-order valence-corrected chi connectivity index (χ2v) is 5.44. The topological polar surface area (TPSA) is 78.9 Å². The minimum absolute atomic E-state index is 0.0102. The van der Waals surface area contributed by atoms with Crippen LogP contribution in [0.25, 0.3) is 0 Å². The fourth-order valence-electron chi connectivity index (χ4n) is 2.92. The molecule has 0 aromatic carbocycles. The molecule has 19 heavy (non-hydrogen) atoms. The van der Waals surface area contributed by atoms with E-state index in [4.69, 9.17) is 9.84 Å². The molecule has 2 aliphatic rings. The molecule has 2 rings (SSSR count). The number of carboxylic acids is 1. The molecule has 1 aliphatic heterocycles. The standard InChI is InChI=1S/C13H22N2O4/c1-19-11-5-6-15(8-11)13(18)14-10-4-2-3-9(7-10)12(16)17/h9-11H,2-8H2,1H3,(H,14,18)(H,16,17). The summed E-state index contributed by atoms with van der Waals surface area (Å²) in [6.07, 6.45) is 4.00. The number of nitrogens with zero attached hydrogens (tertiary/aromatic N) is 1. The summed E-state index contributed by atoms with van der Waals surface area (Å²) in [5.41, 5.74) is 0. The third-order valence-corrected chi connectivity index (χ3v) is 4.12. The number of carbonyl (C=O) groups is 2. The maximum Gasteiger partial charge on any atom is 0.317 e. The number of hydrogen-bond acceptors (Lipinski definition) is 3. The molecule has 3 atom stereocenters. The summed E-state index contributed by atoms with van der Waals surface area (Å²) in [5, 5.41) is 12.0. The van der Waals surface area contributed by atoms with Crippen molar-refractivity contribution in [3.63, 3.8) is 0 Å². The van der Waals surface area contributed by atoms with Crippen LogP contribution in [0, 0.1) is 5.92 Å². The summed E-state index contributed by atoms with van der Waals surface area (Å²) in [7, 11) is 1.66. The van der Waals surface area contributed by atoms with Crippen LogP contribution in [0.3, 0.4) is 0 Å². The van der Waals surface area contributed by atoms with Crippen molar-refractivity contribution in [2.75, 3.05) is 20.2 Å². The normalized spacial score (nSPS) is 31.2. The molecule has 1 heterocycles. The highest BCUT2D eigenvalue weighted by molar-refractivity contribution is 5.75. The van der Waals surface area contributed by atoms with Gasteiger partial charge in [-0.25, -0.2) is 4.79 Å². The Morgan fingerprint density at radius 2 is 2.11 bits per heavy atom. The Morgan fingerprint density at radius 3 is 2.74 bits per heavy atom. The van der Waals surface area contributed by atoms with E-state index in [0.717, 1.165) is 25.7 Å². The first kappa shape index (κ1) is 14.1. The largest absolute Gasteiger partial charge is 0.481 e. The Labute approximate surface area is 113 Å². The number of amides is 2. The van der Waals surface area contributed by atoms with Crippen molar-refractivity contribution in [2.24, 2.45) is 5.92 Å². The predicted molar refractivity (Wildman–Crippen MR) is 68.9 cm³/mol. The number of rotatable bonds is 3. The van der Waals surface area contributed by atoms with E-state index in [2.05, 4.69) is 5.32 Å². The van der Waals surface area contributed by atoms with Crippen molar-refractivity contribution in [1.82, 2.24) is 10.2 Å². The SMILES string of the molecule is COC1CCN(C(=O)NC2CCCC(C(=O)O)C2)C1. The van der Waals surface area contributed by atoms with Gasteiger partial charge in [0.15, 0.2) is 0 Å². The summed E-state index contributed by atoms with van der Waals surface area (Å²) in [6.45, 7) is 1.33. The van der Waals surface area contributed by atoms with E-state index >= 15 is 0 Å². The van der Waals surface area contributed by atoms with Crippen LogP contribution in [0.2, 0.25) is 0 Å². The first-order valence-corrected chi connectivity index (χ1v) is 6.91. The van der Waals surface area contributed by atoms with Crippen LogP contribution in [-0.2, 0) is 9.53 Å². The number of carboxylic acid groups (broad SMARTS) is 1. The molecule has 0 bridgehead atoms. The second-order valence-electron chi connectivity index (χ2n) is 5.44. The smallest absolute Gasteiger partial charge is 0.317 e. The fraction of sp³-hybridized carbons (Fsp3) is 0.846. The van der Waals surface area contributed by atoms with Gasteiger partial charge < -0.3 is 20.1 Å². The molecular formula is C13H22N2O4. The van der Waals surface area contributed by atoms with E-state index in [0.29, 0.717) is 19.5 Å². The highest BCUT2D eigenvalue weighted by atomic mass is 16.5. The molecule has 0 aromatic heterocycles. The molecule has 1 saturated heterocycles. The van der Waals surface area contributed by atoms with Crippen LogP contribution >= 0.6 is 0 Å². The minimum atomic E-state index is -0.750. The lowest BCUT2D eigenvalue weighted by Gasteiger charge is -2.29. The zero-order valence-electron chi connectivity index (χ0n) is 11.3. The highest BCUT2D eigenvalue weighted by Crippen LogP contribution is 2.24. The summed E-state index contributed by atoms with van der Waals surface area (Å²) in [6, 6.07) is -0.0977. The van der Waals surface area contributed by atoms with E-state index in [-0.39, 0.29) is 24.1 Å². The molecule has 0 aromatic rings. The van der Waals surface area contributed by atoms with Gasteiger partial charge in [0.25, 0.3) is 0 Å². The van der Waals surface area contributed by atoms with Crippen molar-refractivity contribution in [3.8, 4) is 0 Å². The molecule has 6 nitrogen and oxygen atoms in total. The van der Waals surface area contributed by atoms with Crippen molar-refractivity contribution >= 4 is 12.0 Å². The number of ether oxygens (including phenoxy) is 1. The molecule has 0 spiro atoms. The number of methoxy groups -OCH3 is 1. The highest BCUT2D eigenvalue weighted by Gasteiger charge is 2.31. The molecule has 2 N–H and O–H groups in total. The van der Waals surface area contributed by atoms with Gasteiger partial charge in [-0.3, -0.25) is 4.79 Å². The molecule has 108 valence electrons. The van der Waals surface area contributed by atoms with Gasteiger partial charge in [0.1, 0.15) is 0 Å². The predicted octanol–water partition coefficient (Wildman–Crippen LogP) is 1.06. The van der Waals surface area contributed by atoms with Gasteiger partial charge in [-0.15, -0.1) is 0 Å². The van der Waals surface area contributed by atoms with Crippen molar-refractivity contribution in [1.29, 1.82) is 0 Å². The number of hydrogen-bond donors (Lipinski definition) is 2. The second kappa shape index (κ2) is 6.23. The van der Waals surface area contributed by atoms with E-state index in [1.807, 2.05) is 0 Å². The molecule has 3 unspecified atom stereocenters. The average molecular weight is 270 g/mol. The van der Waals surface area contributed by atoms with Gasteiger partial charge >= 0.3 is 12.0 Å². The lowest BCUT2D eigenvalue weighted by molar-refractivity contribution is -0.143. The Balaban J connectivity index is 1.80. The summed E-state index contributed by atoms with van der Waals surface area (Å²) < 4.78 is 5.23. The number of likely N-dealkylation sites (tertiary alicyclic amines) is 1. The minimum Gasteiger partial charge on any atom is -0.481 e.